The number of likely N-dealkylation sites (N-methyl/N-ethyl adjacent to an activating group) is 2. The maximum absolute atomic E-state index is 13.5. The first-order valence-electron chi connectivity index (χ1n) is 14.5. The number of carboxylic acids is 1. The topological polar surface area (TPSA) is 172 Å². The molecule has 2 aromatic carbocycles. The molecule has 0 spiro atoms. The number of aromatic nitrogens is 2. The number of amides is 1. The standard InChI is InChI=1S/C30H42N6O8S2/c1-21(30(45-15-14-43-5)36-20-31-24-8-6-7-9-25(24)36)44-26-16-22(32-28(38)18-35(4)13-12-34(2)3)10-11-27(26)46(41,42)33-23(19-37)17-29(39)40/h6-11,16,19-21,23,30,33H,12-15,17-18H2,1-5H3,(H,32,38)(H,39,40)/t21-,23?,30?/m1/s1. The van der Waals surface area contributed by atoms with Crippen molar-refractivity contribution in [2.24, 2.45) is 0 Å². The summed E-state index contributed by atoms with van der Waals surface area (Å²) in [4.78, 5) is 43.6. The van der Waals surface area contributed by atoms with Gasteiger partial charge in [-0.25, -0.2) is 18.1 Å². The van der Waals surface area contributed by atoms with Gasteiger partial charge in [0, 0.05) is 37.7 Å². The lowest BCUT2D eigenvalue weighted by Crippen LogP contribution is -2.38. The third-order valence-corrected chi connectivity index (χ3v) is 9.65. The number of sulfonamides is 1. The SMILES string of the molecule is COCCSC([C@@H](C)Oc1cc(NC(=O)CN(C)CCN(C)C)ccc1S(=O)(=O)NC(C=O)CC(=O)O)n1cnc2ccccc21. The van der Waals surface area contributed by atoms with Gasteiger partial charge in [0.25, 0.3) is 0 Å². The van der Waals surface area contributed by atoms with Crippen molar-refractivity contribution < 1.29 is 37.4 Å². The van der Waals surface area contributed by atoms with E-state index in [1.165, 1.54) is 30.0 Å². The van der Waals surface area contributed by atoms with Crippen LogP contribution in [0.4, 0.5) is 5.69 Å². The lowest BCUT2D eigenvalue weighted by Gasteiger charge is -2.27. The molecule has 1 heterocycles. The summed E-state index contributed by atoms with van der Waals surface area (Å²) in [6.07, 6.45) is 0.523. The smallest absolute Gasteiger partial charge is 0.305 e. The number of aliphatic carboxylic acids is 1. The predicted molar refractivity (Wildman–Crippen MR) is 177 cm³/mol. The first-order valence-corrected chi connectivity index (χ1v) is 17.0. The number of carbonyl (C=O) groups excluding carboxylic acids is 2. The third-order valence-electron chi connectivity index (χ3n) is 6.77. The van der Waals surface area contributed by atoms with E-state index in [1.54, 1.807) is 20.4 Å². The number of imidazole rings is 1. The maximum Gasteiger partial charge on any atom is 0.305 e. The van der Waals surface area contributed by atoms with Crippen molar-refractivity contribution in [3.63, 3.8) is 0 Å². The zero-order valence-electron chi connectivity index (χ0n) is 26.6. The van der Waals surface area contributed by atoms with Gasteiger partial charge in [-0.3, -0.25) is 14.5 Å². The molecule has 0 radical (unpaired) electrons. The molecule has 3 atom stereocenters. The van der Waals surface area contributed by atoms with Crippen LogP contribution in [0.3, 0.4) is 0 Å². The number of fused-ring (bicyclic) bond motifs is 1. The normalized spacial score (nSPS) is 13.9. The van der Waals surface area contributed by atoms with E-state index in [0.29, 0.717) is 24.6 Å². The van der Waals surface area contributed by atoms with Gasteiger partial charge in [0.15, 0.2) is 0 Å². The molecule has 1 amide bonds. The van der Waals surface area contributed by atoms with Crippen LogP contribution in [0.1, 0.15) is 18.7 Å². The van der Waals surface area contributed by atoms with Crippen molar-refractivity contribution in [2.45, 2.75) is 35.8 Å². The van der Waals surface area contributed by atoms with Gasteiger partial charge >= 0.3 is 5.97 Å². The molecule has 1 aromatic heterocycles. The summed E-state index contributed by atoms with van der Waals surface area (Å²) in [5.41, 5.74) is 1.92. The molecule has 0 aliphatic carbocycles. The summed E-state index contributed by atoms with van der Waals surface area (Å²) in [5, 5.41) is 11.5. The zero-order valence-corrected chi connectivity index (χ0v) is 28.2. The van der Waals surface area contributed by atoms with Crippen LogP contribution in [0.25, 0.3) is 11.0 Å². The lowest BCUT2D eigenvalue weighted by atomic mass is 10.2. The number of carboxylic acid groups (broad SMARTS) is 1. The van der Waals surface area contributed by atoms with Crippen molar-refractivity contribution in [3.05, 3.63) is 48.8 Å². The Bertz CT molecular complexity index is 1580. The van der Waals surface area contributed by atoms with E-state index in [4.69, 9.17) is 14.6 Å². The Labute approximate surface area is 273 Å². The van der Waals surface area contributed by atoms with Crippen LogP contribution in [-0.2, 0) is 29.1 Å². The highest BCUT2D eigenvalue weighted by molar-refractivity contribution is 7.99. The number of hydrogen-bond acceptors (Lipinski definition) is 11. The quantitative estimate of drug-likeness (QED) is 0.118. The van der Waals surface area contributed by atoms with Crippen molar-refractivity contribution in [1.29, 1.82) is 0 Å². The number of thioether (sulfide) groups is 1. The minimum absolute atomic E-state index is 0.0968. The molecule has 2 unspecified atom stereocenters. The van der Waals surface area contributed by atoms with Crippen LogP contribution in [0, 0.1) is 0 Å². The number of hydrogen-bond donors (Lipinski definition) is 3. The highest BCUT2D eigenvalue weighted by Gasteiger charge is 2.29. The van der Waals surface area contributed by atoms with Gasteiger partial charge < -0.3 is 34.2 Å². The molecule has 0 aliphatic heterocycles. The molecule has 0 saturated carbocycles. The Hall–Kier alpha value is -3.54. The molecule has 16 heteroatoms. The van der Waals surface area contributed by atoms with E-state index in [0.717, 1.165) is 17.6 Å². The van der Waals surface area contributed by atoms with Gasteiger partial charge in [-0.2, -0.15) is 0 Å². The highest BCUT2D eigenvalue weighted by atomic mass is 32.2. The van der Waals surface area contributed by atoms with Crippen molar-refractivity contribution in [3.8, 4) is 5.75 Å². The fourth-order valence-corrected chi connectivity index (χ4v) is 6.94. The van der Waals surface area contributed by atoms with Gasteiger partial charge in [0.05, 0.1) is 43.0 Å². The average molecular weight is 679 g/mol. The monoisotopic (exact) mass is 678 g/mol. The fraction of sp³-hybridized carbons (Fsp3) is 0.467. The summed E-state index contributed by atoms with van der Waals surface area (Å²) in [6, 6.07) is 10.1. The first-order chi connectivity index (χ1) is 21.8. The average Bonchev–Trinajstić information content (AvgIpc) is 3.41. The second kappa shape index (κ2) is 17.4. The summed E-state index contributed by atoms with van der Waals surface area (Å²) < 4.78 is 42.7. The van der Waals surface area contributed by atoms with Crippen LogP contribution < -0.4 is 14.8 Å². The van der Waals surface area contributed by atoms with E-state index in [-0.39, 0.29) is 34.8 Å². The van der Waals surface area contributed by atoms with Crippen molar-refractivity contribution in [2.75, 3.05) is 65.6 Å². The highest BCUT2D eigenvalue weighted by Crippen LogP contribution is 2.35. The van der Waals surface area contributed by atoms with Crippen LogP contribution >= 0.6 is 11.8 Å². The predicted octanol–water partition coefficient (Wildman–Crippen LogP) is 2.13. The van der Waals surface area contributed by atoms with E-state index in [1.807, 2.05) is 59.8 Å². The molecule has 3 rings (SSSR count). The van der Waals surface area contributed by atoms with Gasteiger partial charge in [0.1, 0.15) is 28.4 Å². The number of aldehydes is 1. The molecule has 0 saturated heterocycles. The summed E-state index contributed by atoms with van der Waals surface area (Å²) in [5.74, 6) is -1.15. The van der Waals surface area contributed by atoms with Gasteiger partial charge in [-0.05, 0) is 52.3 Å². The number of anilines is 1. The maximum atomic E-state index is 13.5. The number of carbonyl (C=O) groups is 3. The van der Waals surface area contributed by atoms with Crippen molar-refractivity contribution in [1.82, 2.24) is 24.1 Å². The Morgan fingerprint density at radius 2 is 1.89 bits per heavy atom. The number of ether oxygens (including phenoxy) is 2. The molecule has 14 nitrogen and oxygen atoms in total. The van der Waals surface area contributed by atoms with E-state index < -0.39 is 34.6 Å². The molecule has 0 aliphatic rings. The second-order valence-electron chi connectivity index (χ2n) is 10.9. The van der Waals surface area contributed by atoms with Crippen LogP contribution in [0.2, 0.25) is 0 Å². The molecule has 46 heavy (non-hydrogen) atoms. The first kappa shape index (κ1) is 36.9. The number of benzene rings is 2. The van der Waals surface area contributed by atoms with E-state index >= 15 is 0 Å². The van der Waals surface area contributed by atoms with Crippen LogP contribution in [0.5, 0.6) is 5.75 Å². The number of nitrogens with zero attached hydrogens (tertiary/aromatic N) is 4. The summed E-state index contributed by atoms with van der Waals surface area (Å²) >= 11 is 1.53. The molecular weight excluding hydrogens is 636 g/mol. The van der Waals surface area contributed by atoms with E-state index in [2.05, 4.69) is 15.0 Å². The largest absolute Gasteiger partial charge is 0.486 e. The summed E-state index contributed by atoms with van der Waals surface area (Å²) in [7, 11) is 2.85. The number of methoxy groups -OCH3 is 1. The number of nitrogens with one attached hydrogen (secondary N) is 2. The van der Waals surface area contributed by atoms with E-state index in [9.17, 15) is 22.8 Å². The van der Waals surface area contributed by atoms with Gasteiger partial charge in [-0.15, -0.1) is 11.8 Å². The Morgan fingerprint density at radius 1 is 1.15 bits per heavy atom. The number of para-hydroxylation sites is 2. The Kier molecular flexibility index (Phi) is 14.0. The van der Waals surface area contributed by atoms with Crippen molar-refractivity contribution >= 4 is 56.7 Å². The Morgan fingerprint density at radius 3 is 2.57 bits per heavy atom. The summed E-state index contributed by atoms with van der Waals surface area (Å²) in [6.45, 7) is 3.77. The molecular formula is C30H42N6O8S2. The Balaban J connectivity index is 1.97. The zero-order chi connectivity index (χ0) is 33.9. The van der Waals surface area contributed by atoms with Gasteiger partial charge in [0.2, 0.25) is 15.9 Å². The number of rotatable bonds is 20. The van der Waals surface area contributed by atoms with Gasteiger partial charge in [-0.1, -0.05) is 12.1 Å². The molecule has 3 N–H and O–H groups in total. The molecule has 3 aromatic rings. The molecule has 252 valence electrons. The van der Waals surface area contributed by atoms with Crippen LogP contribution in [-0.4, -0.2) is 123 Å². The minimum atomic E-state index is -4.45. The minimum Gasteiger partial charge on any atom is -0.486 e. The third kappa shape index (κ3) is 10.8. The van der Waals surface area contributed by atoms with Crippen LogP contribution in [0.15, 0.2) is 53.7 Å². The lowest BCUT2D eigenvalue weighted by molar-refractivity contribution is -0.138. The fourth-order valence-electron chi connectivity index (χ4n) is 4.50. The molecule has 0 fully saturated rings. The second-order valence-corrected chi connectivity index (χ2v) is 13.8. The molecule has 0 bridgehead atoms.